The van der Waals surface area contributed by atoms with Gasteiger partial charge in [0.2, 0.25) is 0 Å². The molecule has 0 unspecified atom stereocenters. The summed E-state index contributed by atoms with van der Waals surface area (Å²) in [6.45, 7) is 6.35. The van der Waals surface area contributed by atoms with E-state index in [2.05, 4.69) is 17.4 Å². The lowest BCUT2D eigenvalue weighted by Crippen LogP contribution is -2.11. The van der Waals surface area contributed by atoms with Gasteiger partial charge in [0, 0.05) is 11.6 Å². The molecule has 0 saturated heterocycles. The van der Waals surface area contributed by atoms with Crippen molar-refractivity contribution in [3.8, 4) is 5.75 Å². The third-order valence-electron chi connectivity index (χ3n) is 4.04. The van der Waals surface area contributed by atoms with E-state index in [0.717, 1.165) is 40.6 Å². The Morgan fingerprint density at radius 3 is 2.48 bits per heavy atom. The molecule has 27 heavy (non-hydrogen) atoms. The Balaban J connectivity index is 1.68. The van der Waals surface area contributed by atoms with Crippen molar-refractivity contribution in [2.24, 2.45) is 0 Å². The number of ether oxygens (including phenoxy) is 1. The zero-order valence-corrected chi connectivity index (χ0v) is 16.0. The van der Waals surface area contributed by atoms with Gasteiger partial charge in [-0.3, -0.25) is 4.79 Å². The second-order valence-corrected chi connectivity index (χ2v) is 7.33. The molecule has 3 nitrogen and oxygen atoms in total. The fraction of sp³-hybridized carbons (Fsp3) is 0.190. The van der Waals surface area contributed by atoms with Crippen LogP contribution in [-0.2, 0) is 6.61 Å². The van der Waals surface area contributed by atoms with Crippen molar-refractivity contribution in [2.45, 2.75) is 27.4 Å². The molecule has 140 valence electrons. The molecule has 0 aliphatic rings. The molecular weight excluding hydrogens is 368 g/mol. The lowest BCUT2D eigenvalue weighted by Gasteiger charge is -2.12. The van der Waals surface area contributed by atoms with Crippen LogP contribution >= 0.6 is 11.3 Å². The number of benzene rings is 2. The first-order valence-corrected chi connectivity index (χ1v) is 9.26. The quantitative estimate of drug-likeness (QED) is 0.602. The van der Waals surface area contributed by atoms with Gasteiger partial charge in [-0.1, -0.05) is 17.7 Å². The molecule has 1 amide bonds. The van der Waals surface area contributed by atoms with Crippen molar-refractivity contribution >= 4 is 22.9 Å². The minimum atomic E-state index is -0.685. The van der Waals surface area contributed by atoms with Gasteiger partial charge in [-0.15, -0.1) is 11.3 Å². The first-order chi connectivity index (χ1) is 12.8. The molecule has 0 aliphatic heterocycles. The van der Waals surface area contributed by atoms with Crippen molar-refractivity contribution in [1.82, 2.24) is 0 Å². The molecule has 0 bridgehead atoms. The Kier molecular flexibility index (Phi) is 5.56. The first kappa shape index (κ1) is 19.0. The third-order valence-corrected chi connectivity index (χ3v) is 5.02. The molecule has 1 N–H and O–H groups in total. The molecular formula is C21H19F2NO2S. The normalized spacial score (nSPS) is 10.7. The molecule has 1 heterocycles. The lowest BCUT2D eigenvalue weighted by atomic mass is 10.1. The zero-order valence-electron chi connectivity index (χ0n) is 15.2. The van der Waals surface area contributed by atoms with Gasteiger partial charge in [-0.05, 0) is 55.5 Å². The molecule has 0 fully saturated rings. The molecule has 6 heteroatoms. The number of anilines is 1. The van der Waals surface area contributed by atoms with E-state index in [-0.39, 0.29) is 5.69 Å². The van der Waals surface area contributed by atoms with Crippen LogP contribution in [0.4, 0.5) is 14.5 Å². The van der Waals surface area contributed by atoms with Crippen LogP contribution in [-0.4, -0.2) is 5.91 Å². The summed E-state index contributed by atoms with van der Waals surface area (Å²) in [7, 11) is 0. The van der Waals surface area contributed by atoms with Crippen molar-refractivity contribution in [3.05, 3.63) is 80.5 Å². The smallest absolute Gasteiger partial charge is 0.265 e. The van der Waals surface area contributed by atoms with E-state index in [9.17, 15) is 13.6 Å². The molecule has 2 aromatic carbocycles. The molecule has 0 spiro atoms. The average Bonchev–Trinajstić information content (AvgIpc) is 3.06. The topological polar surface area (TPSA) is 38.3 Å². The third kappa shape index (κ3) is 4.52. The van der Waals surface area contributed by atoms with Crippen molar-refractivity contribution < 1.29 is 18.3 Å². The minimum Gasteiger partial charge on any atom is -0.488 e. The number of nitrogens with one attached hydrogen (secondary N) is 1. The summed E-state index contributed by atoms with van der Waals surface area (Å²) < 4.78 is 32.8. The Hall–Kier alpha value is -2.73. The van der Waals surface area contributed by atoms with E-state index < -0.39 is 17.5 Å². The molecule has 0 saturated carbocycles. The van der Waals surface area contributed by atoms with Gasteiger partial charge in [0.25, 0.3) is 5.91 Å². The number of thiophene rings is 1. The Morgan fingerprint density at radius 1 is 1.07 bits per heavy atom. The van der Waals surface area contributed by atoms with E-state index in [4.69, 9.17) is 4.74 Å². The van der Waals surface area contributed by atoms with Crippen molar-refractivity contribution in [3.63, 3.8) is 0 Å². The van der Waals surface area contributed by atoms with E-state index in [0.29, 0.717) is 11.5 Å². The van der Waals surface area contributed by atoms with E-state index >= 15 is 0 Å². The fourth-order valence-electron chi connectivity index (χ4n) is 2.90. The van der Waals surface area contributed by atoms with Crippen LogP contribution in [0.3, 0.4) is 0 Å². The highest BCUT2D eigenvalue weighted by atomic mass is 32.1. The van der Waals surface area contributed by atoms with Gasteiger partial charge in [0.1, 0.15) is 24.0 Å². The number of halogens is 2. The van der Waals surface area contributed by atoms with Gasteiger partial charge in [0.05, 0.1) is 10.6 Å². The average molecular weight is 387 g/mol. The van der Waals surface area contributed by atoms with Crippen LogP contribution in [0.25, 0.3) is 0 Å². The maximum Gasteiger partial charge on any atom is 0.265 e. The number of hydrogen-bond acceptors (Lipinski definition) is 3. The number of hydrogen-bond donors (Lipinski definition) is 1. The zero-order chi connectivity index (χ0) is 19.6. The predicted octanol–water partition coefficient (Wildman–Crippen LogP) is 5.78. The summed E-state index contributed by atoms with van der Waals surface area (Å²) in [5, 5.41) is 4.21. The number of carbonyl (C=O) groups excluding carboxylic acids is 1. The number of carbonyl (C=O) groups is 1. The Bertz CT molecular complexity index is 975. The van der Waals surface area contributed by atoms with E-state index in [1.54, 1.807) is 6.07 Å². The van der Waals surface area contributed by atoms with Crippen LogP contribution in [0.2, 0.25) is 0 Å². The monoisotopic (exact) mass is 387 g/mol. The molecule has 0 aliphatic carbocycles. The van der Waals surface area contributed by atoms with Crippen LogP contribution < -0.4 is 10.1 Å². The highest BCUT2D eigenvalue weighted by molar-refractivity contribution is 7.12. The van der Waals surface area contributed by atoms with E-state index in [1.165, 1.54) is 16.9 Å². The second kappa shape index (κ2) is 7.88. The summed E-state index contributed by atoms with van der Waals surface area (Å²) in [6, 6.07) is 8.74. The van der Waals surface area contributed by atoms with Gasteiger partial charge in [-0.25, -0.2) is 8.78 Å². The lowest BCUT2D eigenvalue weighted by molar-refractivity contribution is 0.103. The molecule has 0 radical (unpaired) electrons. The van der Waals surface area contributed by atoms with Gasteiger partial charge < -0.3 is 10.1 Å². The summed E-state index contributed by atoms with van der Waals surface area (Å²) in [4.78, 5) is 12.7. The predicted molar refractivity (Wildman–Crippen MR) is 104 cm³/mol. The van der Waals surface area contributed by atoms with Gasteiger partial charge in [-0.2, -0.15) is 0 Å². The van der Waals surface area contributed by atoms with Gasteiger partial charge >= 0.3 is 0 Å². The van der Waals surface area contributed by atoms with Crippen LogP contribution in [0.15, 0.2) is 41.8 Å². The number of aryl methyl sites for hydroxylation is 3. The molecule has 1 aromatic heterocycles. The maximum atomic E-state index is 13.7. The van der Waals surface area contributed by atoms with Crippen LogP contribution in [0, 0.1) is 32.4 Å². The van der Waals surface area contributed by atoms with Crippen molar-refractivity contribution in [1.29, 1.82) is 0 Å². The largest absolute Gasteiger partial charge is 0.488 e. The number of amides is 1. The second-order valence-electron chi connectivity index (χ2n) is 6.41. The SMILES string of the molecule is Cc1cc(C)c(OCc2csc(C(=O)Nc3cc(F)ccc3F)c2)c(C)c1. The molecule has 0 atom stereocenters. The minimum absolute atomic E-state index is 0.183. The number of rotatable bonds is 5. The summed E-state index contributed by atoms with van der Waals surface area (Å²) >= 11 is 1.22. The first-order valence-electron chi connectivity index (χ1n) is 8.38. The maximum absolute atomic E-state index is 13.7. The molecule has 3 rings (SSSR count). The summed E-state index contributed by atoms with van der Waals surface area (Å²) in [5.41, 5.74) is 3.95. The molecule has 3 aromatic rings. The summed E-state index contributed by atoms with van der Waals surface area (Å²) in [6.07, 6.45) is 0. The fourth-order valence-corrected chi connectivity index (χ4v) is 3.69. The van der Waals surface area contributed by atoms with Crippen molar-refractivity contribution in [2.75, 3.05) is 5.32 Å². The van der Waals surface area contributed by atoms with Crippen LogP contribution in [0.1, 0.15) is 31.9 Å². The Labute approximate surface area is 160 Å². The standard InChI is InChI=1S/C21H19F2NO2S/c1-12-6-13(2)20(14(3)7-12)26-10-15-8-19(27-11-15)21(25)24-18-9-16(22)4-5-17(18)23/h4-9,11H,10H2,1-3H3,(H,24,25). The van der Waals surface area contributed by atoms with Gasteiger partial charge in [0.15, 0.2) is 0 Å². The highest BCUT2D eigenvalue weighted by Crippen LogP contribution is 2.26. The van der Waals surface area contributed by atoms with Crippen LogP contribution in [0.5, 0.6) is 5.75 Å². The van der Waals surface area contributed by atoms with E-state index in [1.807, 2.05) is 26.2 Å². The summed E-state index contributed by atoms with van der Waals surface area (Å²) in [5.74, 6) is -0.955. The highest BCUT2D eigenvalue weighted by Gasteiger charge is 2.13. The Morgan fingerprint density at radius 2 is 1.78 bits per heavy atom.